The third-order valence-corrected chi connectivity index (χ3v) is 5.80. The predicted octanol–water partition coefficient (Wildman–Crippen LogP) is 5.47. The second-order valence-electron chi connectivity index (χ2n) is 8.03. The van der Waals surface area contributed by atoms with Gasteiger partial charge >= 0.3 is 0 Å². The third-order valence-electron chi connectivity index (χ3n) is 5.80. The predicted molar refractivity (Wildman–Crippen MR) is 124 cm³/mol. The molecule has 1 N–H and O–H groups in total. The Hall–Kier alpha value is -3.40. The first-order valence-corrected chi connectivity index (χ1v) is 11.0. The minimum absolute atomic E-state index is 0.0423. The average Bonchev–Trinajstić information content (AvgIpc) is 3.10. The lowest BCUT2D eigenvalue weighted by atomic mass is 9.90. The molecule has 4 nitrogen and oxygen atoms in total. The highest BCUT2D eigenvalue weighted by Crippen LogP contribution is 2.26. The Morgan fingerprint density at radius 1 is 0.710 bits per heavy atom. The van der Waals surface area contributed by atoms with E-state index in [4.69, 9.17) is 0 Å². The van der Waals surface area contributed by atoms with Crippen molar-refractivity contribution in [2.75, 3.05) is 18.4 Å². The van der Waals surface area contributed by atoms with Crippen molar-refractivity contribution >= 4 is 17.5 Å². The van der Waals surface area contributed by atoms with Crippen LogP contribution in [-0.4, -0.2) is 29.8 Å². The smallest absolute Gasteiger partial charge is 0.253 e. The van der Waals surface area contributed by atoms with Crippen LogP contribution in [0.5, 0.6) is 0 Å². The molecule has 3 aromatic carbocycles. The van der Waals surface area contributed by atoms with E-state index in [9.17, 15) is 9.59 Å². The summed E-state index contributed by atoms with van der Waals surface area (Å²) in [7, 11) is 0. The van der Waals surface area contributed by atoms with Crippen molar-refractivity contribution in [2.24, 2.45) is 0 Å². The number of amides is 2. The molecule has 0 aromatic heterocycles. The maximum atomic E-state index is 13.3. The maximum Gasteiger partial charge on any atom is 0.253 e. The number of carbonyl (C=O) groups is 2. The van der Waals surface area contributed by atoms with E-state index in [1.165, 1.54) is 12.8 Å². The van der Waals surface area contributed by atoms with E-state index in [1.54, 1.807) is 6.07 Å². The van der Waals surface area contributed by atoms with E-state index in [0.29, 0.717) is 11.3 Å². The van der Waals surface area contributed by atoms with Gasteiger partial charge in [0, 0.05) is 24.3 Å². The number of hydrogen-bond acceptors (Lipinski definition) is 2. The van der Waals surface area contributed by atoms with Gasteiger partial charge in [0.15, 0.2) is 0 Å². The van der Waals surface area contributed by atoms with E-state index in [2.05, 4.69) is 5.32 Å². The zero-order chi connectivity index (χ0) is 21.5. The number of hydrogen-bond donors (Lipinski definition) is 1. The number of nitrogens with one attached hydrogen (secondary N) is 1. The quantitative estimate of drug-likeness (QED) is 0.604. The summed E-state index contributed by atoms with van der Waals surface area (Å²) in [5, 5.41) is 3.04. The molecule has 4 rings (SSSR count). The fourth-order valence-corrected chi connectivity index (χ4v) is 4.19. The summed E-state index contributed by atoms with van der Waals surface area (Å²) in [5.41, 5.74) is 3.13. The number of anilines is 1. The molecular formula is C27H28N2O2. The van der Waals surface area contributed by atoms with Gasteiger partial charge < -0.3 is 10.2 Å². The summed E-state index contributed by atoms with van der Waals surface area (Å²) in [5.74, 6) is -0.496. The van der Waals surface area contributed by atoms with Crippen LogP contribution < -0.4 is 5.32 Å². The van der Waals surface area contributed by atoms with Crippen LogP contribution in [0.25, 0.3) is 0 Å². The number of rotatable bonds is 5. The van der Waals surface area contributed by atoms with Crippen molar-refractivity contribution in [3.05, 3.63) is 102 Å². The minimum atomic E-state index is -0.424. The highest BCUT2D eigenvalue weighted by molar-refractivity contribution is 6.00. The fraction of sp³-hybridized carbons (Fsp3) is 0.259. The standard InChI is InChI=1S/C27H28N2O2/c30-26(25(21-12-5-3-6-13-21)22-14-7-4-8-15-22)28-24-17-11-16-23(20-24)27(31)29-18-9-1-2-10-19-29/h3-8,11-17,20,25H,1-2,9-10,18-19H2,(H,28,30). The van der Waals surface area contributed by atoms with Gasteiger partial charge in [-0.05, 0) is 42.2 Å². The molecular weight excluding hydrogens is 384 g/mol. The first-order valence-electron chi connectivity index (χ1n) is 11.0. The molecule has 0 aliphatic carbocycles. The van der Waals surface area contributed by atoms with Crippen LogP contribution in [-0.2, 0) is 4.79 Å². The van der Waals surface area contributed by atoms with Gasteiger partial charge in [0.25, 0.3) is 5.91 Å². The first kappa shape index (κ1) is 20.9. The minimum Gasteiger partial charge on any atom is -0.339 e. The maximum absolute atomic E-state index is 13.3. The van der Waals surface area contributed by atoms with Crippen LogP contribution in [0, 0.1) is 0 Å². The second kappa shape index (κ2) is 10.1. The van der Waals surface area contributed by atoms with Gasteiger partial charge in [-0.1, -0.05) is 79.6 Å². The van der Waals surface area contributed by atoms with Crippen molar-refractivity contribution < 1.29 is 9.59 Å². The van der Waals surface area contributed by atoms with Crippen molar-refractivity contribution in [1.82, 2.24) is 4.90 Å². The average molecular weight is 413 g/mol. The molecule has 1 saturated heterocycles. The summed E-state index contributed by atoms with van der Waals surface area (Å²) in [6.07, 6.45) is 4.47. The molecule has 158 valence electrons. The van der Waals surface area contributed by atoms with E-state index >= 15 is 0 Å². The molecule has 0 radical (unpaired) electrons. The van der Waals surface area contributed by atoms with Gasteiger partial charge in [-0.3, -0.25) is 9.59 Å². The van der Waals surface area contributed by atoms with Gasteiger partial charge in [-0.2, -0.15) is 0 Å². The molecule has 1 heterocycles. The van der Waals surface area contributed by atoms with Crippen LogP contribution >= 0.6 is 0 Å². The SMILES string of the molecule is O=C(Nc1cccc(C(=O)N2CCCCCC2)c1)C(c1ccccc1)c1ccccc1. The van der Waals surface area contributed by atoms with Crippen LogP contribution in [0.1, 0.15) is 53.1 Å². The summed E-state index contributed by atoms with van der Waals surface area (Å²) in [4.78, 5) is 28.3. The lowest BCUT2D eigenvalue weighted by Gasteiger charge is -2.21. The molecule has 1 aliphatic rings. The van der Waals surface area contributed by atoms with Crippen molar-refractivity contribution in [2.45, 2.75) is 31.6 Å². The molecule has 0 unspecified atom stereocenters. The summed E-state index contributed by atoms with van der Waals surface area (Å²) >= 11 is 0. The van der Waals surface area contributed by atoms with E-state index in [0.717, 1.165) is 37.1 Å². The topological polar surface area (TPSA) is 49.4 Å². The lowest BCUT2D eigenvalue weighted by molar-refractivity contribution is -0.116. The molecule has 0 spiro atoms. The number of carbonyl (C=O) groups excluding carboxylic acids is 2. The van der Waals surface area contributed by atoms with Crippen molar-refractivity contribution in [1.29, 1.82) is 0 Å². The molecule has 4 heteroatoms. The summed E-state index contributed by atoms with van der Waals surface area (Å²) < 4.78 is 0. The molecule has 2 amide bonds. The van der Waals surface area contributed by atoms with Gasteiger partial charge in [0.1, 0.15) is 0 Å². The van der Waals surface area contributed by atoms with Gasteiger partial charge in [-0.15, -0.1) is 0 Å². The normalized spacial score (nSPS) is 14.2. The Bertz CT molecular complexity index is 970. The molecule has 3 aromatic rings. The zero-order valence-corrected chi connectivity index (χ0v) is 17.7. The number of nitrogens with zero attached hydrogens (tertiary/aromatic N) is 1. The van der Waals surface area contributed by atoms with Crippen LogP contribution in [0.4, 0.5) is 5.69 Å². The molecule has 0 bridgehead atoms. The molecule has 0 atom stereocenters. The lowest BCUT2D eigenvalue weighted by Crippen LogP contribution is -2.31. The number of likely N-dealkylation sites (tertiary alicyclic amines) is 1. The Morgan fingerprint density at radius 2 is 1.29 bits per heavy atom. The second-order valence-corrected chi connectivity index (χ2v) is 8.03. The van der Waals surface area contributed by atoms with E-state index in [1.807, 2.05) is 83.8 Å². The van der Waals surface area contributed by atoms with Crippen LogP contribution in [0.3, 0.4) is 0 Å². The van der Waals surface area contributed by atoms with Gasteiger partial charge in [0.2, 0.25) is 5.91 Å². The van der Waals surface area contributed by atoms with Crippen LogP contribution in [0.15, 0.2) is 84.9 Å². The number of benzene rings is 3. The third kappa shape index (κ3) is 5.21. The van der Waals surface area contributed by atoms with Crippen molar-refractivity contribution in [3.8, 4) is 0 Å². The Balaban J connectivity index is 1.55. The van der Waals surface area contributed by atoms with Gasteiger partial charge in [0.05, 0.1) is 5.92 Å². The molecule has 31 heavy (non-hydrogen) atoms. The summed E-state index contributed by atoms with van der Waals surface area (Å²) in [6.45, 7) is 1.61. The highest BCUT2D eigenvalue weighted by Gasteiger charge is 2.23. The highest BCUT2D eigenvalue weighted by atomic mass is 16.2. The summed E-state index contributed by atoms with van der Waals surface area (Å²) in [6, 6.07) is 26.8. The molecule has 0 saturated carbocycles. The van der Waals surface area contributed by atoms with Crippen LogP contribution in [0.2, 0.25) is 0 Å². The first-order chi connectivity index (χ1) is 15.2. The zero-order valence-electron chi connectivity index (χ0n) is 17.7. The molecule has 1 fully saturated rings. The fourth-order valence-electron chi connectivity index (χ4n) is 4.19. The van der Waals surface area contributed by atoms with E-state index < -0.39 is 5.92 Å². The molecule has 1 aliphatic heterocycles. The van der Waals surface area contributed by atoms with Crippen molar-refractivity contribution in [3.63, 3.8) is 0 Å². The Labute approximate surface area is 183 Å². The Kier molecular flexibility index (Phi) is 6.78. The Morgan fingerprint density at radius 3 is 1.87 bits per heavy atom. The van der Waals surface area contributed by atoms with Gasteiger partial charge in [-0.25, -0.2) is 0 Å². The largest absolute Gasteiger partial charge is 0.339 e. The van der Waals surface area contributed by atoms with E-state index in [-0.39, 0.29) is 11.8 Å². The monoisotopic (exact) mass is 412 g/mol.